The van der Waals surface area contributed by atoms with Crippen LogP contribution in [0.4, 0.5) is 11.4 Å². The van der Waals surface area contributed by atoms with E-state index in [0.717, 1.165) is 12.1 Å². The molecule has 2 aromatic carbocycles. The number of nitrogens with zero attached hydrogens (tertiary/aromatic N) is 1. The predicted octanol–water partition coefficient (Wildman–Crippen LogP) is 4.28. The van der Waals surface area contributed by atoms with Crippen molar-refractivity contribution in [2.75, 3.05) is 10.2 Å². The van der Waals surface area contributed by atoms with Crippen LogP contribution < -0.4 is 15.0 Å². The lowest BCUT2D eigenvalue weighted by molar-refractivity contribution is -0.124. The van der Waals surface area contributed by atoms with Crippen LogP contribution in [0.5, 0.6) is 5.75 Å². The van der Waals surface area contributed by atoms with Crippen molar-refractivity contribution in [1.29, 1.82) is 0 Å². The van der Waals surface area contributed by atoms with Gasteiger partial charge in [-0.15, -0.1) is 0 Å². The van der Waals surface area contributed by atoms with E-state index in [2.05, 4.69) is 11.4 Å². The maximum atomic E-state index is 13.0. The van der Waals surface area contributed by atoms with E-state index in [-0.39, 0.29) is 23.6 Å². The van der Waals surface area contributed by atoms with Gasteiger partial charge in [0.25, 0.3) is 11.8 Å². The molecule has 2 heterocycles. The molecule has 3 aromatic rings. The third kappa shape index (κ3) is 3.87. The van der Waals surface area contributed by atoms with Crippen LogP contribution in [0, 0.1) is 0 Å². The van der Waals surface area contributed by atoms with E-state index in [1.165, 1.54) is 11.8 Å². The molecule has 0 fully saturated rings. The van der Waals surface area contributed by atoms with Gasteiger partial charge in [-0.3, -0.25) is 9.59 Å². The summed E-state index contributed by atoms with van der Waals surface area (Å²) in [5.74, 6) is 0.401. The van der Waals surface area contributed by atoms with E-state index >= 15 is 0 Å². The van der Waals surface area contributed by atoms with E-state index in [9.17, 15) is 9.59 Å². The lowest BCUT2D eigenvalue weighted by Gasteiger charge is -2.26. The molecule has 0 aliphatic carbocycles. The van der Waals surface area contributed by atoms with Gasteiger partial charge >= 0.3 is 0 Å². The Hall–Kier alpha value is -3.54. The van der Waals surface area contributed by atoms with Crippen LogP contribution in [0.15, 0.2) is 71.3 Å². The van der Waals surface area contributed by atoms with Crippen LogP contribution in [0.2, 0.25) is 0 Å². The number of hydrogen-bond acceptors (Lipinski definition) is 4. The number of fused-ring (bicyclic) bond motifs is 1. The van der Waals surface area contributed by atoms with Gasteiger partial charge < -0.3 is 19.4 Å². The lowest BCUT2D eigenvalue weighted by Crippen LogP contribution is -2.43. The Kier molecular flexibility index (Phi) is 5.08. The second-order valence-corrected chi connectivity index (χ2v) is 7.11. The summed E-state index contributed by atoms with van der Waals surface area (Å²) in [7, 11) is 0. The van der Waals surface area contributed by atoms with Crippen molar-refractivity contribution in [3.05, 3.63) is 78.3 Å². The molecule has 148 valence electrons. The SMILES string of the molecule is C[C@@H](Oc1ccc(NC(=O)c2ccco2)cc1)C(=O)N1c2ccccc2C[C@@H]1C. The van der Waals surface area contributed by atoms with Crippen LogP contribution in [0.25, 0.3) is 0 Å². The summed E-state index contributed by atoms with van der Waals surface area (Å²) in [4.78, 5) is 26.8. The second-order valence-electron chi connectivity index (χ2n) is 7.11. The van der Waals surface area contributed by atoms with Gasteiger partial charge in [-0.25, -0.2) is 0 Å². The highest BCUT2D eigenvalue weighted by Crippen LogP contribution is 2.32. The first-order valence-corrected chi connectivity index (χ1v) is 9.55. The van der Waals surface area contributed by atoms with Crippen LogP contribution in [-0.2, 0) is 11.2 Å². The summed E-state index contributed by atoms with van der Waals surface area (Å²) >= 11 is 0. The number of amides is 2. The average Bonchev–Trinajstić information content (AvgIpc) is 3.36. The van der Waals surface area contributed by atoms with Crippen molar-refractivity contribution in [2.24, 2.45) is 0 Å². The number of para-hydroxylation sites is 1. The molecule has 0 radical (unpaired) electrons. The van der Waals surface area contributed by atoms with Crippen LogP contribution >= 0.6 is 0 Å². The minimum absolute atomic E-state index is 0.0716. The number of anilines is 2. The molecule has 0 spiro atoms. The standard InChI is InChI=1S/C23H22N2O4/c1-15-14-17-6-3-4-7-20(17)25(15)23(27)16(2)29-19-11-9-18(10-12-19)24-22(26)21-8-5-13-28-21/h3-13,15-16H,14H2,1-2H3,(H,24,26)/t15-,16+/m0/s1. The molecule has 6 nitrogen and oxygen atoms in total. The number of ether oxygens (including phenoxy) is 1. The molecule has 1 aliphatic heterocycles. The highest BCUT2D eigenvalue weighted by atomic mass is 16.5. The first-order valence-electron chi connectivity index (χ1n) is 9.55. The molecule has 0 unspecified atom stereocenters. The van der Waals surface area contributed by atoms with Gasteiger partial charge in [0.15, 0.2) is 11.9 Å². The van der Waals surface area contributed by atoms with Crippen molar-refractivity contribution in [3.8, 4) is 5.75 Å². The molecule has 1 N–H and O–H groups in total. The van der Waals surface area contributed by atoms with Crippen LogP contribution in [0.3, 0.4) is 0 Å². The van der Waals surface area contributed by atoms with Crippen LogP contribution in [-0.4, -0.2) is 24.0 Å². The summed E-state index contributed by atoms with van der Waals surface area (Å²) in [5.41, 5.74) is 2.74. The van der Waals surface area contributed by atoms with Crippen molar-refractivity contribution in [3.63, 3.8) is 0 Å². The van der Waals surface area contributed by atoms with E-state index in [0.29, 0.717) is 11.4 Å². The zero-order valence-corrected chi connectivity index (χ0v) is 16.3. The molecule has 0 saturated carbocycles. The molecule has 2 atom stereocenters. The molecular weight excluding hydrogens is 368 g/mol. The first-order chi connectivity index (χ1) is 14.0. The van der Waals surface area contributed by atoms with Gasteiger partial charge in [-0.05, 0) is 68.3 Å². The topological polar surface area (TPSA) is 71.8 Å². The minimum atomic E-state index is -0.632. The Morgan fingerprint density at radius 1 is 1.10 bits per heavy atom. The quantitative estimate of drug-likeness (QED) is 0.706. The monoisotopic (exact) mass is 390 g/mol. The first kappa shape index (κ1) is 18.8. The van der Waals surface area contributed by atoms with Crippen molar-refractivity contribution in [1.82, 2.24) is 0 Å². The number of rotatable bonds is 5. The Morgan fingerprint density at radius 2 is 1.86 bits per heavy atom. The van der Waals surface area contributed by atoms with E-state index in [1.54, 1.807) is 43.3 Å². The summed E-state index contributed by atoms with van der Waals surface area (Å²) in [5, 5.41) is 2.75. The minimum Gasteiger partial charge on any atom is -0.481 e. The zero-order chi connectivity index (χ0) is 20.4. The largest absolute Gasteiger partial charge is 0.481 e. The lowest BCUT2D eigenvalue weighted by atomic mass is 10.1. The molecule has 1 aliphatic rings. The molecule has 2 amide bonds. The molecule has 1 aromatic heterocycles. The van der Waals surface area contributed by atoms with E-state index < -0.39 is 6.10 Å². The van der Waals surface area contributed by atoms with E-state index in [4.69, 9.17) is 9.15 Å². The fourth-order valence-electron chi connectivity index (χ4n) is 3.57. The summed E-state index contributed by atoms with van der Waals surface area (Å²) in [6, 6.07) is 18.2. The molecule has 0 saturated heterocycles. The molecular formula is C23H22N2O4. The van der Waals surface area contributed by atoms with Crippen molar-refractivity contribution in [2.45, 2.75) is 32.4 Å². The number of furan rings is 1. The van der Waals surface area contributed by atoms with Gasteiger partial charge in [-0.2, -0.15) is 0 Å². The maximum absolute atomic E-state index is 13.0. The zero-order valence-electron chi connectivity index (χ0n) is 16.3. The van der Waals surface area contributed by atoms with Crippen molar-refractivity contribution < 1.29 is 18.7 Å². The van der Waals surface area contributed by atoms with Gasteiger partial charge in [0, 0.05) is 17.4 Å². The highest BCUT2D eigenvalue weighted by Gasteiger charge is 2.33. The number of carbonyl (C=O) groups excluding carboxylic acids is 2. The summed E-state index contributed by atoms with van der Waals surface area (Å²) in [6.07, 6.45) is 1.66. The number of nitrogens with one attached hydrogen (secondary N) is 1. The Labute approximate surface area is 169 Å². The Bertz CT molecular complexity index is 1010. The average molecular weight is 390 g/mol. The molecule has 4 rings (SSSR count). The third-order valence-corrected chi connectivity index (χ3v) is 4.96. The smallest absolute Gasteiger partial charge is 0.291 e. The third-order valence-electron chi connectivity index (χ3n) is 4.96. The summed E-state index contributed by atoms with van der Waals surface area (Å²) < 4.78 is 10.9. The molecule has 6 heteroatoms. The Balaban J connectivity index is 1.40. The second kappa shape index (κ2) is 7.83. The van der Waals surface area contributed by atoms with Gasteiger partial charge in [-0.1, -0.05) is 18.2 Å². The number of carbonyl (C=O) groups is 2. The number of benzene rings is 2. The Morgan fingerprint density at radius 3 is 2.59 bits per heavy atom. The van der Waals surface area contributed by atoms with Crippen molar-refractivity contribution >= 4 is 23.2 Å². The maximum Gasteiger partial charge on any atom is 0.291 e. The number of hydrogen-bond donors (Lipinski definition) is 1. The van der Waals surface area contributed by atoms with E-state index in [1.807, 2.05) is 30.0 Å². The molecule has 29 heavy (non-hydrogen) atoms. The van der Waals surface area contributed by atoms with Gasteiger partial charge in [0.2, 0.25) is 0 Å². The molecule has 0 bridgehead atoms. The fraction of sp³-hybridized carbons (Fsp3) is 0.217. The predicted molar refractivity (Wildman–Crippen MR) is 110 cm³/mol. The van der Waals surface area contributed by atoms with Gasteiger partial charge in [0.05, 0.1) is 6.26 Å². The normalized spacial score (nSPS) is 16.2. The summed E-state index contributed by atoms with van der Waals surface area (Å²) in [6.45, 7) is 3.80. The fourth-order valence-corrected chi connectivity index (χ4v) is 3.57. The van der Waals surface area contributed by atoms with Gasteiger partial charge in [0.1, 0.15) is 5.75 Å². The van der Waals surface area contributed by atoms with Crippen LogP contribution in [0.1, 0.15) is 30.0 Å². The highest BCUT2D eigenvalue weighted by molar-refractivity contribution is 6.02.